The lowest BCUT2D eigenvalue weighted by atomic mass is 10.1. The molecule has 1 atom stereocenters. The molecule has 1 saturated heterocycles. The average molecular weight is 726 g/mol. The molecule has 0 aliphatic carbocycles. The van der Waals surface area contributed by atoms with E-state index in [1.807, 2.05) is 0 Å². The average Bonchev–Trinajstić information content (AvgIpc) is 3.45. The molecule has 2 heterocycles. The molecule has 43 heavy (non-hydrogen) atoms. The van der Waals surface area contributed by atoms with Crippen molar-refractivity contribution in [2.45, 2.75) is 44.1 Å². The number of thiophene rings is 1. The molecule has 2 aromatic carbocycles. The number of methoxy groups -OCH3 is 1. The number of carbonyl (C=O) groups is 1. The van der Waals surface area contributed by atoms with Crippen molar-refractivity contribution in [3.63, 3.8) is 0 Å². The predicted molar refractivity (Wildman–Crippen MR) is 164 cm³/mol. The fraction of sp³-hybridized carbons (Fsp3) is 0.444. The van der Waals surface area contributed by atoms with E-state index in [2.05, 4.69) is 15.9 Å². The smallest absolute Gasteiger partial charge is 0.405 e. The molecule has 2 N–H and O–H groups in total. The Kier molecular flexibility index (Phi) is 10.6. The number of hydrogen-bond acceptors (Lipinski definition) is 9. The zero-order valence-electron chi connectivity index (χ0n) is 23.7. The van der Waals surface area contributed by atoms with Crippen molar-refractivity contribution in [1.29, 1.82) is 0 Å². The lowest BCUT2D eigenvalue weighted by molar-refractivity contribution is 0.0387. The van der Waals surface area contributed by atoms with Gasteiger partial charge in [-0.2, -0.15) is 13.1 Å². The number of nitrogens with zero attached hydrogens (tertiary/aromatic N) is 1. The summed E-state index contributed by atoms with van der Waals surface area (Å²) in [6.07, 6.45) is 0.521. The van der Waals surface area contributed by atoms with Crippen molar-refractivity contribution in [3.05, 3.63) is 56.9 Å². The maximum Gasteiger partial charge on any atom is 0.405 e. The number of primary amides is 1. The van der Waals surface area contributed by atoms with E-state index in [0.29, 0.717) is 30.1 Å². The van der Waals surface area contributed by atoms with Gasteiger partial charge in [-0.15, -0.1) is 11.3 Å². The van der Waals surface area contributed by atoms with Crippen molar-refractivity contribution in [2.75, 3.05) is 33.5 Å². The van der Waals surface area contributed by atoms with Crippen molar-refractivity contribution < 1.29 is 45.1 Å². The molecule has 236 valence electrons. The Hall–Kier alpha value is -2.13. The quantitative estimate of drug-likeness (QED) is 0.187. The van der Waals surface area contributed by atoms with E-state index in [-0.39, 0.29) is 58.7 Å². The van der Waals surface area contributed by atoms with Crippen LogP contribution in [0.3, 0.4) is 0 Å². The molecule has 3 aromatic rings. The molecule has 0 spiro atoms. The van der Waals surface area contributed by atoms with Crippen LogP contribution in [0.4, 0.5) is 8.78 Å². The van der Waals surface area contributed by atoms with E-state index in [1.54, 1.807) is 31.4 Å². The number of fused-ring (bicyclic) bond motifs is 1. The Labute approximate surface area is 261 Å². The first-order chi connectivity index (χ1) is 20.3. The molecule has 10 nitrogen and oxygen atoms in total. The minimum atomic E-state index is -4.92. The topological polar surface area (TPSA) is 134 Å². The zero-order chi connectivity index (χ0) is 31.6. The van der Waals surface area contributed by atoms with Crippen molar-refractivity contribution >= 4 is 60.9 Å². The van der Waals surface area contributed by atoms with Crippen molar-refractivity contribution in [1.82, 2.24) is 4.31 Å². The van der Waals surface area contributed by atoms with Crippen LogP contribution < -0.4 is 15.2 Å². The molecule has 4 rings (SSSR count). The molecular weight excluding hydrogens is 693 g/mol. The van der Waals surface area contributed by atoms with Crippen molar-refractivity contribution in [2.24, 2.45) is 5.73 Å². The van der Waals surface area contributed by atoms with E-state index < -0.39 is 39.3 Å². The van der Waals surface area contributed by atoms with E-state index in [4.69, 9.17) is 24.3 Å². The molecule has 0 bridgehead atoms. The lowest BCUT2D eigenvalue weighted by Crippen LogP contribution is -2.29. The molecule has 1 amide bonds. The van der Waals surface area contributed by atoms with E-state index in [9.17, 15) is 17.8 Å². The molecule has 16 heteroatoms. The van der Waals surface area contributed by atoms with Crippen LogP contribution in [0, 0.1) is 0 Å². The molecule has 0 saturated carbocycles. The van der Waals surface area contributed by atoms with Gasteiger partial charge >= 0.3 is 13.3 Å². The van der Waals surface area contributed by atoms with Crippen LogP contribution in [0.5, 0.6) is 11.5 Å². The zero-order valence-corrected chi connectivity index (χ0v) is 27.8. The summed E-state index contributed by atoms with van der Waals surface area (Å²) in [4.78, 5) is 11.4. The number of ether oxygens (including phenoxy) is 2. The standard InChI is InChI=1S/C27H32BrF2N2O8PS2/c1-4-39-41(34,40-5-2)27(29,30)25-23(28)21-14-18(26(31)33)15-22(24(21)42-25)38-13-11-20-10-12-32(43(20,35)36)16-17-6-8-19(37-3)9-7-17/h6-9,14-15,20H,4-5,10-13,16H2,1-3H3,(H2,31,33). The van der Waals surface area contributed by atoms with E-state index >= 15 is 8.78 Å². The highest BCUT2D eigenvalue weighted by molar-refractivity contribution is 9.10. The monoisotopic (exact) mass is 724 g/mol. The fourth-order valence-corrected chi connectivity index (χ4v) is 10.6. The van der Waals surface area contributed by atoms with Gasteiger partial charge in [0.05, 0.1) is 36.9 Å². The van der Waals surface area contributed by atoms with E-state index in [0.717, 1.165) is 5.56 Å². The third-order valence-corrected chi connectivity index (χ3v) is 13.9. The Morgan fingerprint density at radius 2 is 1.84 bits per heavy atom. The Morgan fingerprint density at radius 1 is 1.19 bits per heavy atom. The first-order valence-corrected chi connectivity index (χ1v) is 18.0. The first-order valence-electron chi connectivity index (χ1n) is 13.4. The molecule has 1 unspecified atom stereocenters. The van der Waals surface area contributed by atoms with Crippen LogP contribution in [0.2, 0.25) is 0 Å². The number of carbonyl (C=O) groups excluding carboxylic acids is 1. The molecule has 1 fully saturated rings. The summed E-state index contributed by atoms with van der Waals surface area (Å²) >= 11 is 3.78. The highest BCUT2D eigenvalue weighted by Crippen LogP contribution is 2.69. The number of sulfonamides is 1. The van der Waals surface area contributed by atoms with Gasteiger partial charge in [0.2, 0.25) is 15.9 Å². The van der Waals surface area contributed by atoms with Gasteiger partial charge in [0.15, 0.2) is 0 Å². The van der Waals surface area contributed by atoms with Gasteiger partial charge in [0, 0.05) is 28.5 Å². The number of benzene rings is 2. The minimum absolute atomic E-state index is 0.00665. The van der Waals surface area contributed by atoms with Crippen LogP contribution in [0.15, 0.2) is 40.9 Å². The minimum Gasteiger partial charge on any atom is -0.497 e. The van der Waals surface area contributed by atoms with Crippen LogP contribution >= 0.6 is 34.9 Å². The summed E-state index contributed by atoms with van der Waals surface area (Å²) in [5.41, 5.74) is 2.28. The fourth-order valence-electron chi connectivity index (χ4n) is 4.72. The number of nitrogens with two attached hydrogens (primary N) is 1. The second-order valence-corrected chi connectivity index (χ2v) is 15.7. The Bertz CT molecular complexity index is 1630. The van der Waals surface area contributed by atoms with Gasteiger partial charge in [-0.05, 0) is 72.4 Å². The molecular formula is C27H32BrF2N2O8PS2. The largest absolute Gasteiger partial charge is 0.497 e. The maximum atomic E-state index is 15.7. The number of amides is 1. The second-order valence-electron chi connectivity index (χ2n) is 9.61. The van der Waals surface area contributed by atoms with Crippen LogP contribution in [-0.2, 0) is 35.8 Å². The Balaban J connectivity index is 1.57. The summed E-state index contributed by atoms with van der Waals surface area (Å²) < 4.78 is 93.4. The van der Waals surface area contributed by atoms with E-state index in [1.165, 1.54) is 30.3 Å². The Morgan fingerprint density at radius 3 is 2.42 bits per heavy atom. The normalized spacial score (nSPS) is 17.4. The molecule has 1 aliphatic heterocycles. The van der Waals surface area contributed by atoms with Crippen molar-refractivity contribution in [3.8, 4) is 11.5 Å². The van der Waals surface area contributed by atoms with Gasteiger partial charge in [-0.3, -0.25) is 9.36 Å². The first kappa shape index (κ1) is 33.8. The van der Waals surface area contributed by atoms with Crippen LogP contribution in [0.1, 0.15) is 47.5 Å². The van der Waals surface area contributed by atoms with Crippen LogP contribution in [-0.4, -0.2) is 57.4 Å². The number of hydrogen-bond donors (Lipinski definition) is 1. The molecule has 0 radical (unpaired) electrons. The summed E-state index contributed by atoms with van der Waals surface area (Å²) in [5.74, 6) is -0.0871. The highest BCUT2D eigenvalue weighted by Gasteiger charge is 2.57. The van der Waals surface area contributed by atoms with Crippen LogP contribution in [0.25, 0.3) is 10.1 Å². The summed E-state index contributed by atoms with van der Waals surface area (Å²) in [6, 6.07) is 9.79. The molecule has 1 aliphatic rings. The molecule has 1 aromatic heterocycles. The third kappa shape index (κ3) is 6.77. The summed E-state index contributed by atoms with van der Waals surface area (Å²) in [7, 11) is -6.99. The predicted octanol–water partition coefficient (Wildman–Crippen LogP) is 6.46. The highest BCUT2D eigenvalue weighted by atomic mass is 79.9. The van der Waals surface area contributed by atoms with Gasteiger partial charge in [-0.25, -0.2) is 8.42 Å². The lowest BCUT2D eigenvalue weighted by Gasteiger charge is -2.25. The summed E-state index contributed by atoms with van der Waals surface area (Å²) in [5, 5.41) is -0.525. The van der Waals surface area contributed by atoms with Gasteiger partial charge < -0.3 is 24.3 Å². The number of halogens is 3. The third-order valence-electron chi connectivity index (χ3n) is 6.89. The maximum absolute atomic E-state index is 15.7. The van der Waals surface area contributed by atoms with Gasteiger partial charge in [-0.1, -0.05) is 12.1 Å². The summed E-state index contributed by atoms with van der Waals surface area (Å²) in [6.45, 7) is 2.81. The number of alkyl halides is 2. The van der Waals surface area contributed by atoms with Gasteiger partial charge in [0.1, 0.15) is 16.4 Å². The number of rotatable bonds is 14. The van der Waals surface area contributed by atoms with Gasteiger partial charge in [0.25, 0.3) is 0 Å². The second kappa shape index (κ2) is 13.5. The SMILES string of the molecule is CCOP(=O)(OCC)C(F)(F)c1sc2c(OCCC3CCN(Cc4ccc(OC)cc4)S3(=O)=O)cc(C(N)=O)cc2c1Br.